The topological polar surface area (TPSA) is 73.6 Å². The number of hydrogen-bond donors (Lipinski definition) is 2. The first-order valence-electron chi connectivity index (χ1n) is 8.86. The van der Waals surface area contributed by atoms with E-state index in [4.69, 9.17) is 15.2 Å². The zero-order valence-electron chi connectivity index (χ0n) is 14.5. The fraction of sp³-hybridized carbons (Fsp3) is 0.350. The number of carbonyl (C=O) groups excluding carboxylic acids is 1. The van der Waals surface area contributed by atoms with Gasteiger partial charge < -0.3 is 20.5 Å². The highest BCUT2D eigenvalue weighted by atomic mass is 32.2. The molecule has 3 N–H and O–H groups in total. The average molecular weight is 370 g/mol. The summed E-state index contributed by atoms with van der Waals surface area (Å²) in [5.74, 6) is 2.32. The highest BCUT2D eigenvalue weighted by Gasteiger charge is 2.22. The Balaban J connectivity index is 1.69. The lowest BCUT2D eigenvalue weighted by Gasteiger charge is -2.23. The number of hydrogen-bond acceptors (Lipinski definition) is 6. The number of aryl methyl sites for hydroxylation is 1. The molecule has 0 radical (unpaired) electrons. The summed E-state index contributed by atoms with van der Waals surface area (Å²) in [7, 11) is 0. The minimum Gasteiger partial charge on any atom is -0.457 e. The molecular formula is C20H22N2O3S. The van der Waals surface area contributed by atoms with Crippen molar-refractivity contribution >= 4 is 23.2 Å². The van der Waals surface area contributed by atoms with E-state index < -0.39 is 0 Å². The SMILES string of the molecule is Nc1cc2cc(CCC3CNCCS3)c1C(=O)c1cccc(c1)OCO2. The zero-order valence-corrected chi connectivity index (χ0v) is 15.3. The van der Waals surface area contributed by atoms with E-state index in [-0.39, 0.29) is 12.6 Å². The summed E-state index contributed by atoms with van der Waals surface area (Å²) < 4.78 is 11.3. The predicted octanol–water partition coefficient (Wildman–Crippen LogP) is 2.87. The maximum atomic E-state index is 13.1. The number of ether oxygens (including phenoxy) is 2. The summed E-state index contributed by atoms with van der Waals surface area (Å²) in [6.45, 7) is 2.16. The van der Waals surface area contributed by atoms with E-state index in [1.165, 1.54) is 0 Å². The Labute approximate surface area is 157 Å². The lowest BCUT2D eigenvalue weighted by molar-refractivity contribution is 0.103. The van der Waals surface area contributed by atoms with Gasteiger partial charge in [-0.3, -0.25) is 4.79 Å². The van der Waals surface area contributed by atoms with Gasteiger partial charge in [-0.2, -0.15) is 11.8 Å². The Morgan fingerprint density at radius 1 is 1.19 bits per heavy atom. The van der Waals surface area contributed by atoms with Crippen LogP contribution in [0.25, 0.3) is 0 Å². The number of rotatable bonds is 3. The van der Waals surface area contributed by atoms with E-state index in [1.807, 2.05) is 30.0 Å². The molecule has 0 saturated carbocycles. The lowest BCUT2D eigenvalue weighted by Crippen LogP contribution is -2.33. The second-order valence-corrected chi connectivity index (χ2v) is 7.95. The van der Waals surface area contributed by atoms with Crippen LogP contribution < -0.4 is 20.5 Å². The fourth-order valence-corrected chi connectivity index (χ4v) is 4.53. The van der Waals surface area contributed by atoms with Crippen LogP contribution in [0.4, 0.5) is 5.69 Å². The number of ketones is 1. The molecule has 3 aliphatic heterocycles. The van der Waals surface area contributed by atoms with Crippen LogP contribution in [0.5, 0.6) is 11.5 Å². The molecule has 1 unspecified atom stereocenters. The van der Waals surface area contributed by atoms with Crippen LogP contribution in [0.1, 0.15) is 27.9 Å². The van der Waals surface area contributed by atoms with Gasteiger partial charge in [0.1, 0.15) is 11.5 Å². The van der Waals surface area contributed by atoms with Gasteiger partial charge in [-0.1, -0.05) is 12.1 Å². The quantitative estimate of drug-likeness (QED) is 0.810. The van der Waals surface area contributed by atoms with E-state index in [9.17, 15) is 4.79 Å². The maximum Gasteiger partial charge on any atom is 0.230 e. The molecule has 1 saturated heterocycles. The Kier molecular flexibility index (Phi) is 5.04. The van der Waals surface area contributed by atoms with Crippen molar-refractivity contribution in [3.63, 3.8) is 0 Å². The molecule has 0 aliphatic carbocycles. The molecule has 1 fully saturated rings. The smallest absolute Gasteiger partial charge is 0.230 e. The Morgan fingerprint density at radius 3 is 2.92 bits per heavy atom. The molecule has 5 nitrogen and oxygen atoms in total. The van der Waals surface area contributed by atoms with Gasteiger partial charge in [0.25, 0.3) is 0 Å². The molecule has 3 heterocycles. The standard InChI is InChI=1S/C20H22N2O3S/c21-18-10-16-8-13(4-5-17-11-22-6-7-26-17)19(18)20(23)14-2-1-3-15(9-14)24-12-25-16/h1-3,8-10,17,22H,4-7,11-12,21H2. The van der Waals surface area contributed by atoms with Crippen molar-refractivity contribution < 1.29 is 14.3 Å². The first-order valence-corrected chi connectivity index (χ1v) is 9.90. The van der Waals surface area contributed by atoms with E-state index in [1.54, 1.807) is 18.2 Å². The van der Waals surface area contributed by atoms with Gasteiger partial charge in [0.15, 0.2) is 5.78 Å². The van der Waals surface area contributed by atoms with Gasteiger partial charge in [-0.05, 0) is 36.6 Å². The molecule has 0 aromatic heterocycles. The minimum atomic E-state index is -0.0641. The summed E-state index contributed by atoms with van der Waals surface area (Å²) in [6, 6.07) is 10.8. The van der Waals surface area contributed by atoms with Gasteiger partial charge in [0.05, 0.1) is 0 Å². The monoisotopic (exact) mass is 370 g/mol. The van der Waals surface area contributed by atoms with Gasteiger partial charge in [0, 0.05) is 47.0 Å². The Hall–Kier alpha value is -2.18. The first-order chi connectivity index (χ1) is 12.7. The molecule has 5 rings (SSSR count). The lowest BCUT2D eigenvalue weighted by atomic mass is 9.93. The van der Waals surface area contributed by atoms with Gasteiger partial charge in [-0.25, -0.2) is 0 Å². The molecule has 2 aromatic rings. The highest BCUT2D eigenvalue weighted by molar-refractivity contribution is 8.00. The average Bonchev–Trinajstić information content (AvgIpc) is 2.68. The molecule has 136 valence electrons. The van der Waals surface area contributed by atoms with Crippen molar-refractivity contribution in [3.8, 4) is 11.5 Å². The maximum absolute atomic E-state index is 13.1. The second-order valence-electron chi connectivity index (χ2n) is 6.55. The van der Waals surface area contributed by atoms with Crippen molar-refractivity contribution in [1.82, 2.24) is 5.32 Å². The number of carbonyl (C=O) groups is 1. The first kappa shape index (κ1) is 17.2. The van der Waals surface area contributed by atoms with Gasteiger partial charge >= 0.3 is 0 Å². The third kappa shape index (κ3) is 3.66. The van der Waals surface area contributed by atoms with E-state index in [0.717, 1.165) is 37.2 Å². The van der Waals surface area contributed by atoms with Crippen LogP contribution in [0, 0.1) is 0 Å². The van der Waals surface area contributed by atoms with E-state index >= 15 is 0 Å². The summed E-state index contributed by atoms with van der Waals surface area (Å²) in [5.41, 5.74) is 8.84. The van der Waals surface area contributed by atoms with Crippen LogP contribution in [0.15, 0.2) is 36.4 Å². The number of nitrogens with one attached hydrogen (secondary N) is 1. The normalized spacial score (nSPS) is 19.4. The third-order valence-electron chi connectivity index (χ3n) is 4.74. The van der Waals surface area contributed by atoms with Crippen LogP contribution in [-0.4, -0.2) is 36.7 Å². The molecule has 0 spiro atoms. The van der Waals surface area contributed by atoms with Crippen molar-refractivity contribution in [1.29, 1.82) is 0 Å². The summed E-state index contributed by atoms with van der Waals surface area (Å²) in [5, 5.41) is 3.99. The Bertz CT molecular complexity index is 819. The molecule has 26 heavy (non-hydrogen) atoms. The van der Waals surface area contributed by atoms with Crippen molar-refractivity contribution in [3.05, 3.63) is 53.1 Å². The van der Waals surface area contributed by atoms with Crippen LogP contribution in [0.2, 0.25) is 0 Å². The number of benzene rings is 2. The summed E-state index contributed by atoms with van der Waals surface area (Å²) in [4.78, 5) is 13.1. The third-order valence-corrected chi connectivity index (χ3v) is 6.05. The zero-order chi connectivity index (χ0) is 17.9. The number of nitrogens with two attached hydrogens (primary N) is 1. The number of anilines is 1. The van der Waals surface area contributed by atoms with E-state index in [0.29, 0.717) is 33.6 Å². The molecule has 0 amide bonds. The van der Waals surface area contributed by atoms with Crippen LogP contribution in [0.3, 0.4) is 0 Å². The van der Waals surface area contributed by atoms with Crippen molar-refractivity contribution in [2.45, 2.75) is 18.1 Å². The van der Waals surface area contributed by atoms with Gasteiger partial charge in [0.2, 0.25) is 6.79 Å². The molecule has 4 bridgehead atoms. The number of thioether (sulfide) groups is 1. The molecule has 6 heteroatoms. The molecule has 3 aliphatic rings. The largest absolute Gasteiger partial charge is 0.457 e. The number of nitrogen functional groups attached to an aromatic ring is 1. The number of fused-ring (bicyclic) bond motifs is 4. The highest BCUT2D eigenvalue weighted by Crippen LogP contribution is 2.31. The fourth-order valence-electron chi connectivity index (χ4n) is 3.41. The van der Waals surface area contributed by atoms with Crippen LogP contribution >= 0.6 is 11.8 Å². The second kappa shape index (κ2) is 7.60. The molecule has 1 atom stereocenters. The predicted molar refractivity (Wildman–Crippen MR) is 104 cm³/mol. The van der Waals surface area contributed by atoms with Crippen molar-refractivity contribution in [2.24, 2.45) is 0 Å². The summed E-state index contributed by atoms with van der Waals surface area (Å²) in [6.07, 6.45) is 1.79. The molecular weight excluding hydrogens is 348 g/mol. The minimum absolute atomic E-state index is 0.0641. The summed E-state index contributed by atoms with van der Waals surface area (Å²) >= 11 is 1.99. The van der Waals surface area contributed by atoms with Crippen molar-refractivity contribution in [2.75, 3.05) is 31.4 Å². The van der Waals surface area contributed by atoms with Gasteiger partial charge in [-0.15, -0.1) is 0 Å². The van der Waals surface area contributed by atoms with E-state index in [2.05, 4.69) is 5.32 Å². The molecule has 2 aromatic carbocycles. The van der Waals surface area contributed by atoms with Crippen LogP contribution in [-0.2, 0) is 6.42 Å². The Morgan fingerprint density at radius 2 is 2.08 bits per heavy atom.